The van der Waals surface area contributed by atoms with E-state index in [2.05, 4.69) is 15.9 Å². The molecule has 1 heterocycles. The Morgan fingerprint density at radius 2 is 2.21 bits per heavy atom. The van der Waals surface area contributed by atoms with Crippen molar-refractivity contribution < 1.29 is 13.5 Å². The molecular formula is C8H16BrNO3S. The van der Waals surface area contributed by atoms with Crippen LogP contribution in [0.3, 0.4) is 0 Å². The molecule has 0 radical (unpaired) electrons. The number of alkyl halides is 1. The van der Waals surface area contributed by atoms with Crippen LogP contribution in [-0.4, -0.2) is 41.7 Å². The van der Waals surface area contributed by atoms with Crippen molar-refractivity contribution in [3.8, 4) is 0 Å². The Kier molecular flexibility index (Phi) is 4.82. The molecule has 1 fully saturated rings. The molecule has 0 aromatic rings. The summed E-state index contributed by atoms with van der Waals surface area (Å²) in [5.41, 5.74) is 0. The highest BCUT2D eigenvalue weighted by Gasteiger charge is 2.32. The van der Waals surface area contributed by atoms with E-state index in [9.17, 15) is 8.42 Å². The van der Waals surface area contributed by atoms with Gasteiger partial charge in [0, 0.05) is 19.2 Å². The van der Waals surface area contributed by atoms with Gasteiger partial charge in [0.05, 0.1) is 0 Å². The summed E-state index contributed by atoms with van der Waals surface area (Å²) in [5, 5.41) is 8.70. The molecule has 84 valence electrons. The van der Waals surface area contributed by atoms with E-state index >= 15 is 0 Å². The van der Waals surface area contributed by atoms with Gasteiger partial charge in [0.25, 0.3) is 0 Å². The zero-order chi connectivity index (χ0) is 10.6. The van der Waals surface area contributed by atoms with Gasteiger partial charge in [-0.3, -0.25) is 0 Å². The summed E-state index contributed by atoms with van der Waals surface area (Å²) in [6.45, 7) is 0.767. The molecule has 1 rings (SSSR count). The number of sulfonamides is 1. The summed E-state index contributed by atoms with van der Waals surface area (Å²) in [7, 11) is -3.11. The molecule has 6 heteroatoms. The summed E-state index contributed by atoms with van der Waals surface area (Å²) in [6.07, 6.45) is 3.30. The lowest BCUT2D eigenvalue weighted by atomic mass is 10.1. The van der Waals surface area contributed by atoms with Crippen LogP contribution in [0.1, 0.15) is 25.7 Å². The molecular weight excluding hydrogens is 270 g/mol. The monoisotopic (exact) mass is 285 g/mol. The highest BCUT2D eigenvalue weighted by atomic mass is 79.9. The second-order valence-electron chi connectivity index (χ2n) is 3.49. The molecule has 0 aliphatic carbocycles. The van der Waals surface area contributed by atoms with Crippen LogP contribution in [-0.2, 0) is 10.0 Å². The maximum absolute atomic E-state index is 11.6. The van der Waals surface area contributed by atoms with Crippen molar-refractivity contribution in [1.29, 1.82) is 0 Å². The molecule has 14 heavy (non-hydrogen) atoms. The smallest absolute Gasteiger partial charge is 0.224 e. The molecule has 1 saturated heterocycles. The second-order valence-corrected chi connectivity index (χ2v) is 6.72. The van der Waals surface area contributed by atoms with Gasteiger partial charge in [0.15, 0.2) is 0 Å². The minimum atomic E-state index is -3.11. The zero-order valence-electron chi connectivity index (χ0n) is 8.02. The molecule has 0 spiro atoms. The predicted molar refractivity (Wildman–Crippen MR) is 58.8 cm³/mol. The Morgan fingerprint density at radius 3 is 2.79 bits per heavy atom. The molecule has 1 aliphatic heterocycles. The third kappa shape index (κ3) is 2.92. The summed E-state index contributed by atoms with van der Waals surface area (Å²) in [4.78, 5) is 0. The highest BCUT2D eigenvalue weighted by molar-refractivity contribution is 9.10. The van der Waals surface area contributed by atoms with Gasteiger partial charge in [-0.15, -0.1) is 0 Å². The number of hydrogen-bond acceptors (Lipinski definition) is 3. The van der Waals surface area contributed by atoms with Gasteiger partial charge >= 0.3 is 0 Å². The Balaban J connectivity index is 2.59. The van der Waals surface area contributed by atoms with Crippen molar-refractivity contribution in [3.63, 3.8) is 0 Å². The Labute approximate surface area is 93.5 Å². The van der Waals surface area contributed by atoms with Crippen LogP contribution in [0.2, 0.25) is 0 Å². The average Bonchev–Trinajstić information content (AvgIpc) is 2.63. The summed E-state index contributed by atoms with van der Waals surface area (Å²) in [6, 6.07) is 0.102. The summed E-state index contributed by atoms with van der Waals surface area (Å²) >= 11 is 3.00. The number of halogens is 1. The van der Waals surface area contributed by atoms with Crippen LogP contribution in [0.4, 0.5) is 0 Å². The fourth-order valence-electron chi connectivity index (χ4n) is 1.85. The quantitative estimate of drug-likeness (QED) is 0.764. The van der Waals surface area contributed by atoms with E-state index in [0.717, 1.165) is 19.3 Å². The van der Waals surface area contributed by atoms with E-state index in [0.29, 0.717) is 13.0 Å². The number of hydrogen-bond donors (Lipinski definition) is 1. The van der Waals surface area contributed by atoms with Crippen molar-refractivity contribution in [1.82, 2.24) is 4.31 Å². The molecule has 0 aromatic carbocycles. The number of rotatable bonds is 5. The van der Waals surface area contributed by atoms with Gasteiger partial charge in [-0.2, -0.15) is 4.31 Å². The minimum Gasteiger partial charge on any atom is -0.396 e. The van der Waals surface area contributed by atoms with Crippen LogP contribution in [0.25, 0.3) is 0 Å². The summed E-state index contributed by atoms with van der Waals surface area (Å²) in [5.74, 6) is 0. The largest absolute Gasteiger partial charge is 0.396 e. The average molecular weight is 286 g/mol. The first-order valence-corrected chi connectivity index (χ1v) is 7.51. The number of aliphatic hydroxyl groups excluding tert-OH is 1. The molecule has 4 nitrogen and oxygen atoms in total. The van der Waals surface area contributed by atoms with E-state index in [1.165, 1.54) is 0 Å². The Morgan fingerprint density at radius 1 is 1.50 bits per heavy atom. The zero-order valence-corrected chi connectivity index (χ0v) is 10.4. The first-order valence-electron chi connectivity index (χ1n) is 4.78. The molecule has 1 atom stereocenters. The van der Waals surface area contributed by atoms with Crippen molar-refractivity contribution in [3.05, 3.63) is 0 Å². The molecule has 0 bridgehead atoms. The van der Waals surface area contributed by atoms with Gasteiger partial charge in [-0.25, -0.2) is 8.42 Å². The second kappa shape index (κ2) is 5.44. The standard InChI is InChI=1S/C8H16BrNO3S/c9-7-14(12,13)10-5-1-3-8(10)4-2-6-11/h8,11H,1-7H2. The number of nitrogens with zero attached hydrogens (tertiary/aromatic N) is 1. The van der Waals surface area contributed by atoms with Crippen LogP contribution >= 0.6 is 15.9 Å². The first kappa shape index (κ1) is 12.4. The van der Waals surface area contributed by atoms with E-state index < -0.39 is 10.0 Å². The topological polar surface area (TPSA) is 57.6 Å². The van der Waals surface area contributed by atoms with Crippen LogP contribution in [0, 0.1) is 0 Å². The van der Waals surface area contributed by atoms with Crippen LogP contribution in [0.5, 0.6) is 0 Å². The fraction of sp³-hybridized carbons (Fsp3) is 1.00. The molecule has 0 amide bonds. The lowest BCUT2D eigenvalue weighted by Gasteiger charge is -2.22. The van der Waals surface area contributed by atoms with Crippen LogP contribution < -0.4 is 0 Å². The van der Waals surface area contributed by atoms with E-state index in [1.807, 2.05) is 0 Å². The fourth-order valence-corrected chi connectivity index (χ4v) is 3.84. The molecule has 0 aromatic heterocycles. The van der Waals surface area contributed by atoms with Crippen molar-refractivity contribution >= 4 is 26.0 Å². The normalized spacial score (nSPS) is 24.3. The van der Waals surface area contributed by atoms with Crippen molar-refractivity contribution in [2.45, 2.75) is 31.7 Å². The predicted octanol–water partition coefficient (Wildman–Crippen LogP) is 0.906. The third-order valence-corrected chi connectivity index (χ3v) is 5.72. The Bertz CT molecular complexity index is 268. The lowest BCUT2D eigenvalue weighted by molar-refractivity contribution is 0.264. The van der Waals surface area contributed by atoms with Gasteiger partial charge in [0.1, 0.15) is 4.66 Å². The van der Waals surface area contributed by atoms with Crippen LogP contribution in [0.15, 0.2) is 0 Å². The molecule has 1 aliphatic rings. The van der Waals surface area contributed by atoms with Gasteiger partial charge in [0.2, 0.25) is 10.0 Å². The lowest BCUT2D eigenvalue weighted by Crippen LogP contribution is -2.36. The highest BCUT2D eigenvalue weighted by Crippen LogP contribution is 2.25. The van der Waals surface area contributed by atoms with Gasteiger partial charge in [-0.05, 0) is 25.7 Å². The third-order valence-electron chi connectivity index (χ3n) is 2.51. The molecule has 1 N–H and O–H groups in total. The molecule has 1 unspecified atom stereocenters. The maximum atomic E-state index is 11.6. The maximum Gasteiger partial charge on any atom is 0.224 e. The van der Waals surface area contributed by atoms with Gasteiger partial charge < -0.3 is 5.11 Å². The molecule has 0 saturated carbocycles. The van der Waals surface area contributed by atoms with E-state index in [1.54, 1.807) is 4.31 Å². The first-order chi connectivity index (χ1) is 6.61. The van der Waals surface area contributed by atoms with Crippen molar-refractivity contribution in [2.24, 2.45) is 0 Å². The van der Waals surface area contributed by atoms with E-state index in [-0.39, 0.29) is 17.3 Å². The number of aliphatic hydroxyl groups is 1. The SMILES string of the molecule is O=S(=O)(CBr)N1CCCC1CCCO. The minimum absolute atomic E-state index is 0.00434. The Hall–Kier alpha value is 0.350. The summed E-state index contributed by atoms with van der Waals surface area (Å²) < 4.78 is 24.7. The van der Waals surface area contributed by atoms with Crippen molar-refractivity contribution in [2.75, 3.05) is 17.8 Å². The van der Waals surface area contributed by atoms with Gasteiger partial charge in [-0.1, -0.05) is 15.9 Å². The van der Waals surface area contributed by atoms with E-state index in [4.69, 9.17) is 5.11 Å².